The Bertz CT molecular complexity index is 8460. The zero-order valence-corrected chi connectivity index (χ0v) is 77.2. The van der Waals surface area contributed by atoms with Crippen LogP contribution >= 0.6 is 11.6 Å². The number of nitrogens with two attached hydrogens (primary N) is 5. The van der Waals surface area contributed by atoms with Gasteiger partial charge >= 0.3 is 25.8 Å². The molecule has 0 unspecified atom stereocenters. The largest absolute Gasteiger partial charge is 0.573 e. The number of non-ortho nitro benzene ring substituents is 1. The number of anilines is 15. The Hall–Kier alpha value is -19.2. The van der Waals surface area contributed by atoms with Crippen LogP contribution in [-0.2, 0) is 6.18 Å². The molecule has 0 aliphatic rings. The van der Waals surface area contributed by atoms with E-state index in [0.29, 0.717) is 62.7 Å². The van der Waals surface area contributed by atoms with Gasteiger partial charge in [0.05, 0.1) is 54.6 Å². The fraction of sp³-hybridized carbons (Fsp3) is 0.0957. The molecule has 0 bridgehead atoms. The Kier molecular flexibility index (Phi) is 29.2. The summed E-state index contributed by atoms with van der Waals surface area (Å²) in [5.74, 6) is -7.08. The first kappa shape index (κ1) is 103. The summed E-state index contributed by atoms with van der Waals surface area (Å²) < 4.78 is 257. The van der Waals surface area contributed by atoms with Crippen LogP contribution in [0.15, 0.2) is 218 Å². The number of nitrogens with zero attached hydrogens (tertiary/aromatic N) is 21. The average Bonchev–Trinajstić information content (AvgIpc) is 1.62. The third-order valence-electron chi connectivity index (χ3n) is 20.9. The van der Waals surface area contributed by atoms with Crippen LogP contribution < -0.4 is 69.5 Å². The number of nitro benzene ring substituents is 1. The maximum absolute atomic E-state index is 14.6. The predicted molar refractivity (Wildman–Crippen MR) is 514 cm³/mol. The molecule has 0 aliphatic carbocycles. The van der Waals surface area contributed by atoms with Gasteiger partial charge in [0.25, 0.3) is 5.69 Å². The number of rotatable bonds is 21. The molecule has 20 aromatic rings. The molecular weight excluding hydrogens is 2020 g/mol. The van der Waals surface area contributed by atoms with E-state index in [4.69, 9.17) is 40.3 Å². The summed E-state index contributed by atoms with van der Waals surface area (Å²) in [6, 6.07) is 50.1. The first-order chi connectivity index (χ1) is 70.8. The van der Waals surface area contributed by atoms with Gasteiger partial charge in [0, 0.05) is 88.1 Å². The van der Waals surface area contributed by atoms with Gasteiger partial charge in [-0.05, 0) is 174 Å². The van der Waals surface area contributed by atoms with Gasteiger partial charge in [-0.25, -0.2) is 46.9 Å². The van der Waals surface area contributed by atoms with E-state index in [-0.39, 0.29) is 109 Å². The highest BCUT2D eigenvalue weighted by atomic mass is 35.5. The molecule has 10 aromatic heterocycles. The quantitative estimate of drug-likeness (QED) is 0.0181. The second-order valence-corrected chi connectivity index (χ2v) is 31.7. The number of aryl methyl sites for hydroxylation is 5. The minimum absolute atomic E-state index is 0.00869. The molecule has 0 saturated heterocycles. The number of ether oxygens (including phenoxy) is 3. The number of hydrogen-bond donors (Lipinski definition) is 10. The lowest BCUT2D eigenvalue weighted by atomic mass is 10.2. The highest BCUT2D eigenvalue weighted by Gasteiger charge is 2.33. The second-order valence-electron chi connectivity index (χ2n) is 31.3. The number of aromatic nitrogens is 20. The molecule has 0 saturated carbocycles. The lowest BCUT2D eigenvalue weighted by molar-refractivity contribution is -0.384. The number of nitrogen functional groups attached to an aromatic ring is 5. The summed E-state index contributed by atoms with van der Waals surface area (Å²) in [6.45, 7) is 2.34. The van der Waals surface area contributed by atoms with Crippen molar-refractivity contribution < 1.29 is 98.2 Å². The summed E-state index contributed by atoms with van der Waals surface area (Å²) in [7, 11) is 0. The van der Waals surface area contributed by atoms with Crippen molar-refractivity contribution in [1.82, 2.24) is 97.6 Å². The van der Waals surface area contributed by atoms with Crippen molar-refractivity contribution in [2.75, 3.05) is 55.3 Å². The Morgan fingerprint density at radius 3 is 1.13 bits per heavy atom. The number of fused-ring (bicyclic) bond motifs is 5. The summed E-state index contributed by atoms with van der Waals surface area (Å²) in [6.07, 6.45) is -9.37. The van der Waals surface area contributed by atoms with E-state index >= 15 is 0 Å². The van der Waals surface area contributed by atoms with E-state index in [2.05, 4.69) is 116 Å². The molecule has 0 amide bonds. The molecule has 0 radical (unpaired) electrons. The molecule has 0 spiro atoms. The summed E-state index contributed by atoms with van der Waals surface area (Å²) in [4.78, 5) is 73.3. The van der Waals surface area contributed by atoms with Crippen LogP contribution in [0.25, 0.3) is 84.9 Å². The van der Waals surface area contributed by atoms with Crippen molar-refractivity contribution >= 4 is 159 Å². The van der Waals surface area contributed by atoms with Crippen LogP contribution in [0.4, 0.5) is 171 Å². The number of benzene rings is 10. The van der Waals surface area contributed by atoms with Gasteiger partial charge in [0.15, 0.2) is 58.1 Å². The number of alkyl halides is 10. The third-order valence-corrected chi connectivity index (χ3v) is 21.2. The SMILES string of the molecule is Cc1nc2c(F)cc(F)cc2n1-c1nc(N)c(F)c(Nc2ccc(Cl)cc2)n1.Cc1nc2c(F)cc(F)cc2n1-c1nc(N)c(F)c(Nc2ccc(OC(F)(F)F)cc2)n1.Cc1nc2ccc([N+](=O)[O-])cc2n1-c1nc(N)c(F)c(Nc2ccc(C(F)(F)F)cc2)n1.Cc1nc2ccccc2n1-c1nc(N)cc(Nc2ccc(OC(F)F)c(F)c2)n1.Cc1nc2ccccc2n1-c1nc(N)cc(Nc2ccc(OC(F)F)cc2)n1. The minimum atomic E-state index is -4.86. The van der Waals surface area contributed by atoms with Crippen molar-refractivity contribution in [3.8, 4) is 47.0 Å². The maximum atomic E-state index is 14.6. The number of para-hydroxylation sites is 4. The Morgan fingerprint density at radius 1 is 0.356 bits per heavy atom. The predicted octanol–water partition coefficient (Wildman–Crippen LogP) is 22.0. The standard InChI is InChI=1S/C19H12F6N6O.C19H13F4N7O2.C19H15F3N6O.C19H16F2N6O.C18H12ClF3N6/c1-8-27-15-12(21)6-9(20)7-13(15)31(8)18-29-16(26)14(22)17(30-18)28-10-2-4-11(5-3-10)32-19(23,24)25;1-9-25-13-7-6-12(30(31)32)8-14(13)29(9)18-27-16(24)15(20)17(28-18)26-11-4-2-10(3-5-11)19(21,22)23;1-10-24-13-4-2-3-5-14(13)28(10)19-26-16(23)9-17(27-19)25-11-6-7-15(12(20)8-11)29-18(21)22;1-11-23-14-4-2-3-5-15(14)27(11)19-25-16(22)10-17(26-19)24-12-6-8-13(9-7-12)28-18(20)21;1-8-24-15-12(21)6-10(20)7-13(15)28(8)18-26-16(23)14(22)17(27-18)25-11-4-2-9(19)3-5-11/h2-7H,1H3,(H3,26,28,29,30);2-8H,1H3,(H3,24,26,27,28);2-9,18H,1H3,(H3,23,25,26,27);2-10,18H,1H3,(H3,22,24,25,26);2-7H,1H3,(H3,23,25,26,27). The lowest BCUT2D eigenvalue weighted by Gasteiger charge is -2.13. The van der Waals surface area contributed by atoms with Crippen molar-refractivity contribution in [2.45, 2.75) is 60.4 Å². The number of halogens is 19. The molecule has 55 heteroatoms. The van der Waals surface area contributed by atoms with Gasteiger partial charge < -0.3 is 69.5 Å². The molecule has 0 fully saturated rings. The Labute approximate surface area is 828 Å². The van der Waals surface area contributed by atoms with Gasteiger partial charge in [-0.2, -0.15) is 93.7 Å². The number of nitrogens with one attached hydrogen (secondary N) is 5. The Balaban J connectivity index is 0.000000133. The first-order valence-electron chi connectivity index (χ1n) is 42.7. The average molecular weight is 2090 g/mol. The van der Waals surface area contributed by atoms with E-state index in [1.807, 2.05) is 66.9 Å². The third kappa shape index (κ3) is 23.7. The fourth-order valence-corrected chi connectivity index (χ4v) is 14.8. The van der Waals surface area contributed by atoms with Crippen LogP contribution in [0, 0.1) is 91.3 Å². The zero-order chi connectivity index (χ0) is 107. The van der Waals surface area contributed by atoms with Crippen molar-refractivity contribution in [1.29, 1.82) is 0 Å². The maximum Gasteiger partial charge on any atom is 0.573 e. The summed E-state index contributed by atoms with van der Waals surface area (Å²) in [5, 5.41) is 25.6. The molecule has 0 atom stereocenters. The molecular formula is C94H68ClF18N31O5. The van der Waals surface area contributed by atoms with Crippen molar-refractivity contribution in [3.05, 3.63) is 315 Å². The molecule has 10 aromatic carbocycles. The smallest absolute Gasteiger partial charge is 0.435 e. The van der Waals surface area contributed by atoms with Gasteiger partial charge in [-0.1, -0.05) is 35.9 Å². The van der Waals surface area contributed by atoms with Gasteiger partial charge in [0.2, 0.25) is 47.2 Å². The van der Waals surface area contributed by atoms with Gasteiger partial charge in [-0.15, -0.1) is 13.2 Å². The Morgan fingerprint density at radius 2 is 0.718 bits per heavy atom. The lowest BCUT2D eigenvalue weighted by Crippen LogP contribution is -2.17. The number of imidazole rings is 5. The molecule has 10 heterocycles. The summed E-state index contributed by atoms with van der Waals surface area (Å²) >= 11 is 5.84. The number of nitro groups is 1. The van der Waals surface area contributed by atoms with Crippen LogP contribution in [0.5, 0.6) is 17.2 Å². The van der Waals surface area contributed by atoms with E-state index < -0.39 is 118 Å². The molecule has 20 rings (SSSR count). The van der Waals surface area contributed by atoms with E-state index in [1.54, 1.807) is 60.9 Å². The van der Waals surface area contributed by atoms with Crippen LogP contribution in [0.1, 0.15) is 34.7 Å². The second kappa shape index (κ2) is 42.4. The van der Waals surface area contributed by atoms with Crippen molar-refractivity contribution in [2.24, 2.45) is 0 Å². The van der Waals surface area contributed by atoms with Crippen molar-refractivity contribution in [3.63, 3.8) is 0 Å². The van der Waals surface area contributed by atoms with Crippen LogP contribution in [-0.4, -0.2) is 122 Å². The van der Waals surface area contributed by atoms with Crippen LogP contribution in [0.3, 0.4) is 0 Å². The first-order valence-corrected chi connectivity index (χ1v) is 43.1. The normalized spacial score (nSPS) is 11.4. The summed E-state index contributed by atoms with van der Waals surface area (Å²) in [5.41, 5.74) is 33.4. The minimum Gasteiger partial charge on any atom is -0.435 e. The van der Waals surface area contributed by atoms with E-state index in [9.17, 15) is 89.1 Å². The molecule has 762 valence electrons. The highest BCUT2D eigenvalue weighted by Crippen LogP contribution is 2.38. The monoisotopic (exact) mass is 2090 g/mol. The van der Waals surface area contributed by atoms with E-state index in [1.165, 1.54) is 75.2 Å². The van der Waals surface area contributed by atoms with E-state index in [0.717, 1.165) is 94.6 Å². The fourth-order valence-electron chi connectivity index (χ4n) is 14.6. The zero-order valence-electron chi connectivity index (χ0n) is 76.4. The molecule has 149 heavy (non-hydrogen) atoms. The van der Waals surface area contributed by atoms with Gasteiger partial charge in [-0.3, -0.25) is 32.9 Å². The molecule has 15 N–H and O–H groups in total. The topological polar surface area (TPSA) is 479 Å². The van der Waals surface area contributed by atoms with Gasteiger partial charge in [0.1, 0.15) is 86.6 Å². The molecule has 0 aliphatic heterocycles. The molecule has 36 nitrogen and oxygen atoms in total. The van der Waals surface area contributed by atoms with Crippen LogP contribution in [0.2, 0.25) is 5.02 Å². The highest BCUT2D eigenvalue weighted by molar-refractivity contribution is 6.30. The number of hydrogen-bond acceptors (Lipinski definition) is 30.